The lowest BCUT2D eigenvalue weighted by Gasteiger charge is -2.35. The number of fused-ring (bicyclic) bond motifs is 2. The van der Waals surface area contributed by atoms with Gasteiger partial charge >= 0.3 is 6.03 Å². The van der Waals surface area contributed by atoms with Crippen molar-refractivity contribution in [1.29, 1.82) is 0 Å². The number of thiophene rings is 1. The Bertz CT molecular complexity index is 1700. The third-order valence-corrected chi connectivity index (χ3v) is 11.3. The zero-order valence-corrected chi connectivity index (χ0v) is 29.7. The lowest BCUT2D eigenvalue weighted by atomic mass is 10.0. The van der Waals surface area contributed by atoms with Gasteiger partial charge in [0, 0.05) is 50.1 Å². The summed E-state index contributed by atoms with van der Waals surface area (Å²) in [5.74, 6) is 0.788. The Labute approximate surface area is 291 Å². The third-order valence-electron chi connectivity index (χ3n) is 8.49. The van der Waals surface area contributed by atoms with Gasteiger partial charge in [-0.3, -0.25) is 9.52 Å². The van der Waals surface area contributed by atoms with Crippen LogP contribution in [0.4, 0.5) is 16.2 Å². The Morgan fingerprint density at radius 2 is 1.84 bits per heavy atom. The van der Waals surface area contributed by atoms with Gasteiger partial charge in [0.15, 0.2) is 11.5 Å². The molecule has 49 heavy (non-hydrogen) atoms. The van der Waals surface area contributed by atoms with E-state index in [2.05, 4.69) is 10.0 Å². The monoisotopic (exact) mass is 716 g/mol. The summed E-state index contributed by atoms with van der Waals surface area (Å²) in [6, 6.07) is 12.1. The van der Waals surface area contributed by atoms with Crippen LogP contribution >= 0.6 is 11.3 Å². The van der Waals surface area contributed by atoms with E-state index in [4.69, 9.17) is 18.9 Å². The van der Waals surface area contributed by atoms with Crippen molar-refractivity contribution in [2.75, 3.05) is 50.2 Å². The van der Waals surface area contributed by atoms with Crippen LogP contribution in [0.3, 0.4) is 0 Å². The molecular weight excluding hydrogens is 673 g/mol. The Morgan fingerprint density at radius 3 is 2.59 bits per heavy atom. The quantitative estimate of drug-likeness (QED) is 0.284. The fraction of sp³-hybridized carbons (Fsp3) is 0.471. The summed E-state index contributed by atoms with van der Waals surface area (Å²) in [4.78, 5) is 30.7. The maximum atomic E-state index is 14.4. The van der Waals surface area contributed by atoms with Crippen molar-refractivity contribution in [2.45, 2.75) is 62.5 Å². The number of nitrogens with one attached hydrogen (secondary N) is 2. The smallest absolute Gasteiger partial charge is 0.321 e. The molecule has 5 rings (SSSR count). The first-order valence-corrected chi connectivity index (χ1v) is 18.6. The summed E-state index contributed by atoms with van der Waals surface area (Å²) < 4.78 is 52.1. The van der Waals surface area contributed by atoms with Crippen molar-refractivity contribution in [1.82, 2.24) is 9.80 Å². The van der Waals surface area contributed by atoms with E-state index >= 15 is 0 Å². The number of carbonyl (C=O) groups is 2. The molecule has 2 aliphatic heterocycles. The number of rotatable bonds is 8. The van der Waals surface area contributed by atoms with Crippen molar-refractivity contribution in [3.8, 4) is 17.2 Å². The molecule has 2 aromatic carbocycles. The number of aliphatic hydroxyl groups excluding tert-OH is 1. The molecule has 3 heterocycles. The van der Waals surface area contributed by atoms with E-state index in [1.54, 1.807) is 60.6 Å². The predicted octanol–water partition coefficient (Wildman–Crippen LogP) is 5.24. The number of sulfonamides is 1. The van der Waals surface area contributed by atoms with E-state index in [0.717, 1.165) is 24.2 Å². The average molecular weight is 717 g/mol. The molecule has 0 unspecified atom stereocenters. The summed E-state index contributed by atoms with van der Waals surface area (Å²) in [6.45, 7) is 6.29. The van der Waals surface area contributed by atoms with Crippen LogP contribution in [0.2, 0.25) is 0 Å². The molecule has 0 fully saturated rings. The predicted molar refractivity (Wildman–Crippen MR) is 186 cm³/mol. The van der Waals surface area contributed by atoms with Crippen LogP contribution in [-0.2, 0) is 14.8 Å². The molecule has 3 N–H and O–H groups in total. The molecule has 3 amide bonds. The summed E-state index contributed by atoms with van der Waals surface area (Å²) in [6.07, 6.45) is 1.56. The molecule has 0 radical (unpaired) electrons. The van der Waals surface area contributed by atoms with Gasteiger partial charge in [-0.2, -0.15) is 0 Å². The van der Waals surface area contributed by atoms with Crippen molar-refractivity contribution in [3.05, 3.63) is 59.5 Å². The van der Waals surface area contributed by atoms with Gasteiger partial charge in [0.05, 0.1) is 30.4 Å². The van der Waals surface area contributed by atoms with Gasteiger partial charge in [-0.05, 0) is 74.9 Å². The molecule has 0 bridgehead atoms. The van der Waals surface area contributed by atoms with E-state index in [-0.39, 0.29) is 60.0 Å². The maximum absolute atomic E-state index is 14.4. The highest BCUT2D eigenvalue weighted by atomic mass is 32.2. The molecule has 3 aromatic rings. The number of hydrogen-bond donors (Lipinski definition) is 3. The molecule has 1 aromatic heterocycles. The van der Waals surface area contributed by atoms with Crippen LogP contribution in [0.5, 0.6) is 17.2 Å². The zero-order chi connectivity index (χ0) is 35.1. The van der Waals surface area contributed by atoms with E-state index < -0.39 is 28.1 Å². The summed E-state index contributed by atoms with van der Waals surface area (Å²) >= 11 is 1.09. The number of anilines is 2. The lowest BCUT2D eigenvalue weighted by molar-refractivity contribution is -0.0115. The first-order chi connectivity index (χ1) is 23.4. The largest absolute Gasteiger partial charge is 0.490 e. The summed E-state index contributed by atoms with van der Waals surface area (Å²) in [5.41, 5.74) is 0.931. The number of benzene rings is 2. The Balaban J connectivity index is 1.38. The fourth-order valence-corrected chi connectivity index (χ4v) is 7.66. The number of amides is 3. The number of carbonyl (C=O) groups excluding carboxylic acids is 2. The molecule has 266 valence electrons. The van der Waals surface area contributed by atoms with Crippen molar-refractivity contribution < 1.29 is 42.1 Å². The highest BCUT2D eigenvalue weighted by Crippen LogP contribution is 2.34. The van der Waals surface area contributed by atoms with Crippen LogP contribution in [0.25, 0.3) is 0 Å². The fourth-order valence-electron chi connectivity index (χ4n) is 5.62. The van der Waals surface area contributed by atoms with E-state index in [1.165, 1.54) is 17.0 Å². The van der Waals surface area contributed by atoms with Gasteiger partial charge in [-0.1, -0.05) is 13.0 Å². The molecule has 2 aliphatic rings. The van der Waals surface area contributed by atoms with Crippen LogP contribution in [0, 0.1) is 5.92 Å². The lowest BCUT2D eigenvalue weighted by Crippen LogP contribution is -2.48. The van der Waals surface area contributed by atoms with E-state index in [9.17, 15) is 23.1 Å². The van der Waals surface area contributed by atoms with Gasteiger partial charge in [-0.25, -0.2) is 13.2 Å². The van der Waals surface area contributed by atoms with Crippen molar-refractivity contribution in [2.24, 2.45) is 5.92 Å². The van der Waals surface area contributed by atoms with Crippen LogP contribution in [0.1, 0.15) is 50.4 Å². The number of urea groups is 1. The minimum atomic E-state index is -3.87. The summed E-state index contributed by atoms with van der Waals surface area (Å²) in [7, 11) is -2.19. The molecular formula is C34H44N4O9S2. The van der Waals surface area contributed by atoms with Crippen LogP contribution < -0.4 is 24.2 Å². The third kappa shape index (κ3) is 9.15. The molecule has 0 aliphatic carbocycles. The van der Waals surface area contributed by atoms with Crippen molar-refractivity contribution in [3.63, 3.8) is 0 Å². The average Bonchev–Trinajstić information content (AvgIpc) is 3.79. The Kier molecular flexibility index (Phi) is 11.9. The highest BCUT2D eigenvalue weighted by Gasteiger charge is 2.31. The zero-order valence-electron chi connectivity index (χ0n) is 28.1. The Hall–Kier alpha value is -4.05. The molecule has 13 nitrogen and oxygen atoms in total. The molecule has 4 atom stereocenters. The first kappa shape index (κ1) is 36.2. The number of hydrogen-bond acceptors (Lipinski definition) is 10. The molecule has 0 saturated carbocycles. The minimum Gasteiger partial charge on any atom is -0.490 e. The van der Waals surface area contributed by atoms with Crippen LogP contribution in [-0.4, -0.2) is 93.7 Å². The highest BCUT2D eigenvalue weighted by molar-refractivity contribution is 7.94. The topological polar surface area (TPSA) is 156 Å². The molecule has 0 spiro atoms. The van der Waals surface area contributed by atoms with E-state index in [1.807, 2.05) is 13.8 Å². The first-order valence-electron chi connectivity index (χ1n) is 16.3. The second-order valence-corrected chi connectivity index (χ2v) is 15.3. The van der Waals surface area contributed by atoms with Gasteiger partial charge in [0.2, 0.25) is 6.79 Å². The Morgan fingerprint density at radius 1 is 1.08 bits per heavy atom. The second-order valence-electron chi connectivity index (χ2n) is 12.4. The second kappa shape index (κ2) is 16.1. The number of ether oxygens (including phenoxy) is 4. The van der Waals surface area contributed by atoms with E-state index in [0.29, 0.717) is 36.0 Å². The summed E-state index contributed by atoms with van der Waals surface area (Å²) in [5, 5.41) is 14.8. The standard InChI is InChI=1S/C34H44N4O9S2/c1-22-18-38(23(2)20-39)33(40)27-16-26(36-49(42,43)32-9-7-15-48-32)11-12-28(27)47-24(3)8-5-6-14-44-31(22)19-37(4)34(41)35-25-10-13-29-30(17-25)46-21-45-29/h7,9-13,15-17,22-24,31,36,39H,5-6,8,14,18-21H2,1-4H3,(H,35,41)/t22-,23-,24+,31+/m0/s1. The molecule has 0 saturated heterocycles. The van der Waals surface area contributed by atoms with Crippen LogP contribution in [0.15, 0.2) is 58.1 Å². The maximum Gasteiger partial charge on any atom is 0.321 e. The molecule has 15 heteroatoms. The van der Waals surface area contributed by atoms with Crippen molar-refractivity contribution >= 4 is 44.7 Å². The number of aliphatic hydroxyl groups is 1. The van der Waals surface area contributed by atoms with Gasteiger partial charge < -0.3 is 39.2 Å². The minimum absolute atomic E-state index is 0.130. The van der Waals surface area contributed by atoms with Gasteiger partial charge in [0.25, 0.3) is 15.9 Å². The van der Waals surface area contributed by atoms with Gasteiger partial charge in [0.1, 0.15) is 9.96 Å². The normalized spacial score (nSPS) is 20.8. The SMILES string of the molecule is C[C@@H]1CCCCO[C@H](CN(C)C(=O)Nc2ccc3c(c2)OCO3)[C@@H](C)CN([C@@H](C)CO)C(=O)c2cc(NS(=O)(=O)c3cccs3)ccc2O1. The number of nitrogens with zero attached hydrogens (tertiary/aromatic N) is 2. The number of likely N-dealkylation sites (N-methyl/N-ethyl adjacent to an activating group) is 1. The van der Waals surface area contributed by atoms with Gasteiger partial charge in [-0.15, -0.1) is 11.3 Å².